The summed E-state index contributed by atoms with van der Waals surface area (Å²) in [6.07, 6.45) is 2.47. The molecule has 8 heteroatoms. The summed E-state index contributed by atoms with van der Waals surface area (Å²) in [5, 5.41) is 9.56. The van der Waals surface area contributed by atoms with Crippen LogP contribution in [0.4, 0.5) is 5.00 Å². The second-order valence-corrected chi connectivity index (χ2v) is 7.33. The summed E-state index contributed by atoms with van der Waals surface area (Å²) in [5.74, 6) is -1.07. The van der Waals surface area contributed by atoms with E-state index in [0.717, 1.165) is 23.3 Å². The normalized spacial score (nSPS) is 14.6. The maximum Gasteiger partial charge on any atom is 0.339 e. The Kier molecular flexibility index (Phi) is 4.36. The molecule has 112 valence electrons. The number of carboxylic acid groups (broad SMARTS) is 1. The van der Waals surface area contributed by atoms with Gasteiger partial charge >= 0.3 is 16.2 Å². The van der Waals surface area contributed by atoms with Crippen molar-refractivity contribution >= 4 is 32.5 Å². The summed E-state index contributed by atoms with van der Waals surface area (Å²) in [5.41, 5.74) is 0.915. The largest absolute Gasteiger partial charge is 0.478 e. The highest BCUT2D eigenvalue weighted by molar-refractivity contribution is 7.90. The molecule has 0 radical (unpaired) electrons. The number of rotatable bonds is 6. The zero-order valence-corrected chi connectivity index (χ0v) is 13.1. The van der Waals surface area contributed by atoms with Gasteiger partial charge in [-0.3, -0.25) is 4.72 Å². The lowest BCUT2D eigenvalue weighted by Crippen LogP contribution is -2.35. The van der Waals surface area contributed by atoms with Crippen LogP contribution in [0.1, 0.15) is 41.1 Å². The predicted molar refractivity (Wildman–Crippen MR) is 78.8 cm³/mol. The van der Waals surface area contributed by atoms with Gasteiger partial charge in [-0.15, -0.1) is 11.3 Å². The van der Waals surface area contributed by atoms with Crippen molar-refractivity contribution in [1.29, 1.82) is 0 Å². The van der Waals surface area contributed by atoms with Crippen molar-refractivity contribution in [2.75, 3.05) is 17.8 Å². The fourth-order valence-corrected chi connectivity index (χ4v) is 5.21. The minimum Gasteiger partial charge on any atom is -0.478 e. The molecule has 20 heavy (non-hydrogen) atoms. The summed E-state index contributed by atoms with van der Waals surface area (Å²) in [6.45, 7) is 4.18. The number of hydrogen-bond acceptors (Lipinski definition) is 4. The van der Waals surface area contributed by atoms with E-state index in [4.69, 9.17) is 0 Å². The summed E-state index contributed by atoms with van der Waals surface area (Å²) >= 11 is 1.24. The Morgan fingerprint density at radius 1 is 1.35 bits per heavy atom. The Labute approximate surface area is 122 Å². The van der Waals surface area contributed by atoms with E-state index >= 15 is 0 Å². The number of aryl methyl sites for hydroxylation is 1. The van der Waals surface area contributed by atoms with Gasteiger partial charge in [-0.1, -0.05) is 13.8 Å². The van der Waals surface area contributed by atoms with Crippen LogP contribution in [0.25, 0.3) is 0 Å². The molecule has 0 fully saturated rings. The number of hydrogen-bond donors (Lipinski definition) is 2. The molecule has 6 nitrogen and oxygen atoms in total. The SMILES string of the molecule is CCN(CC)S(=O)(=O)Nc1sc2c(c1C(=O)O)CCC2. The molecular formula is C12H18N2O4S2. The molecule has 0 aliphatic heterocycles. The van der Waals surface area contributed by atoms with Crippen molar-refractivity contribution in [2.45, 2.75) is 33.1 Å². The number of nitrogens with one attached hydrogen (secondary N) is 1. The Morgan fingerprint density at radius 3 is 2.55 bits per heavy atom. The Hall–Kier alpha value is -1.12. The van der Waals surface area contributed by atoms with E-state index in [2.05, 4.69) is 4.72 Å². The highest BCUT2D eigenvalue weighted by atomic mass is 32.2. The number of aromatic carboxylic acids is 1. The van der Waals surface area contributed by atoms with Crippen molar-refractivity contribution in [3.05, 3.63) is 16.0 Å². The minimum atomic E-state index is -3.69. The number of fused-ring (bicyclic) bond motifs is 1. The van der Waals surface area contributed by atoms with Gasteiger partial charge in [0.2, 0.25) is 0 Å². The number of nitrogens with zero attached hydrogens (tertiary/aromatic N) is 1. The number of thiophene rings is 1. The van der Waals surface area contributed by atoms with E-state index in [0.29, 0.717) is 19.5 Å². The van der Waals surface area contributed by atoms with Gasteiger partial charge in [0, 0.05) is 18.0 Å². The molecule has 1 aliphatic carbocycles. The monoisotopic (exact) mass is 318 g/mol. The number of carbonyl (C=O) groups is 1. The van der Waals surface area contributed by atoms with Crippen molar-refractivity contribution in [3.63, 3.8) is 0 Å². The average molecular weight is 318 g/mol. The van der Waals surface area contributed by atoms with Crippen LogP contribution in [0, 0.1) is 0 Å². The smallest absolute Gasteiger partial charge is 0.339 e. The van der Waals surface area contributed by atoms with Gasteiger partial charge < -0.3 is 5.11 Å². The number of anilines is 1. The van der Waals surface area contributed by atoms with Crippen LogP contribution in [0.3, 0.4) is 0 Å². The first kappa shape index (κ1) is 15.3. The molecule has 2 N–H and O–H groups in total. The third-order valence-corrected chi connectivity index (χ3v) is 6.40. The molecule has 0 bridgehead atoms. The average Bonchev–Trinajstić information content (AvgIpc) is 2.88. The fourth-order valence-electron chi connectivity index (χ4n) is 2.45. The summed E-state index contributed by atoms with van der Waals surface area (Å²) < 4.78 is 28.1. The number of carboxylic acids is 1. The molecule has 2 rings (SSSR count). The molecule has 0 amide bonds. The molecule has 0 unspecified atom stereocenters. The first-order chi connectivity index (χ1) is 9.40. The van der Waals surface area contributed by atoms with Gasteiger partial charge in [-0.2, -0.15) is 12.7 Å². The van der Waals surface area contributed by atoms with Crippen LogP contribution < -0.4 is 4.72 Å². The minimum absolute atomic E-state index is 0.123. The summed E-state index contributed by atoms with van der Waals surface area (Å²) in [6, 6.07) is 0. The molecule has 1 aromatic heterocycles. The highest BCUT2D eigenvalue weighted by Gasteiger charge is 2.29. The molecule has 1 aromatic rings. The zero-order valence-electron chi connectivity index (χ0n) is 11.5. The summed E-state index contributed by atoms with van der Waals surface area (Å²) in [7, 11) is -3.69. The van der Waals surface area contributed by atoms with Crippen LogP contribution in [0.2, 0.25) is 0 Å². The Bertz CT molecular complexity index is 618. The van der Waals surface area contributed by atoms with Crippen molar-refractivity contribution in [2.24, 2.45) is 0 Å². The van der Waals surface area contributed by atoms with Crippen molar-refractivity contribution in [1.82, 2.24) is 4.31 Å². The molecule has 0 saturated heterocycles. The van der Waals surface area contributed by atoms with Gasteiger partial charge in [0.05, 0.1) is 5.56 Å². The summed E-state index contributed by atoms with van der Waals surface area (Å²) in [4.78, 5) is 12.4. The standard InChI is InChI=1S/C12H18N2O4S2/c1-3-14(4-2)20(17,18)13-11-10(12(15)16)8-6-5-7-9(8)19-11/h13H,3-7H2,1-2H3,(H,15,16). The Morgan fingerprint density at radius 2 is 2.00 bits per heavy atom. The lowest BCUT2D eigenvalue weighted by Gasteiger charge is -2.19. The maximum atomic E-state index is 12.2. The highest BCUT2D eigenvalue weighted by Crippen LogP contribution is 2.39. The second-order valence-electron chi connectivity index (χ2n) is 4.56. The van der Waals surface area contributed by atoms with Crippen LogP contribution in [0.15, 0.2) is 0 Å². The predicted octanol–water partition coefficient (Wildman–Crippen LogP) is 1.93. The van der Waals surface area contributed by atoms with E-state index in [-0.39, 0.29) is 10.6 Å². The van der Waals surface area contributed by atoms with Gasteiger partial charge in [-0.05, 0) is 24.8 Å². The third kappa shape index (κ3) is 2.68. The Balaban J connectivity index is 2.38. The second kappa shape index (κ2) is 5.71. The van der Waals surface area contributed by atoms with E-state index < -0.39 is 16.2 Å². The first-order valence-electron chi connectivity index (χ1n) is 6.56. The topological polar surface area (TPSA) is 86.7 Å². The van der Waals surface area contributed by atoms with Gasteiger partial charge in [0.25, 0.3) is 0 Å². The maximum absolute atomic E-state index is 12.2. The fraction of sp³-hybridized carbons (Fsp3) is 0.583. The molecule has 0 aromatic carbocycles. The molecule has 1 heterocycles. The lowest BCUT2D eigenvalue weighted by atomic mass is 10.1. The van der Waals surface area contributed by atoms with Crippen LogP contribution >= 0.6 is 11.3 Å². The van der Waals surface area contributed by atoms with Crippen LogP contribution in [0.5, 0.6) is 0 Å². The van der Waals surface area contributed by atoms with Crippen molar-refractivity contribution in [3.8, 4) is 0 Å². The molecule has 0 spiro atoms. The first-order valence-corrected chi connectivity index (χ1v) is 8.82. The third-order valence-electron chi connectivity index (χ3n) is 3.40. The zero-order chi connectivity index (χ0) is 14.9. The van der Waals surface area contributed by atoms with Gasteiger partial charge in [0.1, 0.15) is 5.00 Å². The van der Waals surface area contributed by atoms with Crippen LogP contribution in [-0.4, -0.2) is 36.9 Å². The van der Waals surface area contributed by atoms with E-state index in [9.17, 15) is 18.3 Å². The van der Waals surface area contributed by atoms with Crippen LogP contribution in [-0.2, 0) is 23.1 Å². The van der Waals surface area contributed by atoms with E-state index in [1.165, 1.54) is 15.6 Å². The quantitative estimate of drug-likeness (QED) is 0.839. The van der Waals surface area contributed by atoms with E-state index in [1.807, 2.05) is 0 Å². The van der Waals surface area contributed by atoms with Gasteiger partial charge in [-0.25, -0.2) is 4.79 Å². The lowest BCUT2D eigenvalue weighted by molar-refractivity contribution is 0.0697. The molecule has 0 saturated carbocycles. The molecule has 1 aliphatic rings. The molecular weight excluding hydrogens is 300 g/mol. The van der Waals surface area contributed by atoms with Gasteiger partial charge in [0.15, 0.2) is 0 Å². The van der Waals surface area contributed by atoms with E-state index in [1.54, 1.807) is 13.8 Å². The van der Waals surface area contributed by atoms with Crippen molar-refractivity contribution < 1.29 is 18.3 Å². The molecule has 0 atom stereocenters.